The van der Waals surface area contributed by atoms with E-state index < -0.39 is 5.91 Å². The van der Waals surface area contributed by atoms with E-state index in [4.69, 9.17) is 11.6 Å². The summed E-state index contributed by atoms with van der Waals surface area (Å²) < 4.78 is 0. The Hall–Kier alpha value is -3.17. The molecule has 1 aromatic carbocycles. The molecule has 2 heterocycles. The van der Waals surface area contributed by atoms with Gasteiger partial charge in [0.1, 0.15) is 0 Å². The normalized spacial score (nSPS) is 10.4. The van der Waals surface area contributed by atoms with Gasteiger partial charge in [0, 0.05) is 18.9 Å². The Morgan fingerprint density at radius 1 is 1.07 bits per heavy atom. The van der Waals surface area contributed by atoms with E-state index in [1.807, 2.05) is 31.2 Å². The first-order valence-corrected chi connectivity index (χ1v) is 10.5. The maximum atomic E-state index is 12.9. The standard InChI is InChI=1S/C20H19ClN6O2S/c1-11-6-4-5-7-14(11)25-17-15(8-12(9-23-17)18(28)22-2)26-19(29)16-13(21)10-24-20(27-16)30-3/h4-10H,1-3H3,(H,22,28)(H,23,25)(H,26,29). The molecule has 3 aromatic rings. The van der Waals surface area contributed by atoms with Crippen LogP contribution in [-0.4, -0.2) is 40.1 Å². The second-order valence-corrected chi connectivity index (χ2v) is 7.33. The van der Waals surface area contributed by atoms with Crippen molar-refractivity contribution >= 4 is 52.4 Å². The number of nitrogens with one attached hydrogen (secondary N) is 3. The van der Waals surface area contributed by atoms with E-state index in [0.29, 0.717) is 22.2 Å². The number of halogens is 1. The van der Waals surface area contributed by atoms with Gasteiger partial charge in [-0.15, -0.1) is 0 Å². The fourth-order valence-electron chi connectivity index (χ4n) is 2.56. The van der Waals surface area contributed by atoms with Gasteiger partial charge in [-0.2, -0.15) is 0 Å². The predicted molar refractivity (Wildman–Crippen MR) is 119 cm³/mol. The number of anilines is 3. The molecule has 30 heavy (non-hydrogen) atoms. The monoisotopic (exact) mass is 442 g/mol. The maximum absolute atomic E-state index is 12.9. The Morgan fingerprint density at radius 3 is 2.53 bits per heavy atom. The van der Waals surface area contributed by atoms with E-state index in [0.717, 1.165) is 11.3 Å². The summed E-state index contributed by atoms with van der Waals surface area (Å²) in [6.45, 7) is 1.95. The highest BCUT2D eigenvalue weighted by Gasteiger charge is 2.18. The highest BCUT2D eigenvalue weighted by atomic mass is 35.5. The molecule has 0 aliphatic heterocycles. The third-order valence-corrected chi connectivity index (χ3v) is 4.98. The van der Waals surface area contributed by atoms with E-state index in [9.17, 15) is 9.59 Å². The average molecular weight is 443 g/mol. The summed E-state index contributed by atoms with van der Waals surface area (Å²) in [5.41, 5.74) is 2.45. The molecule has 3 N–H and O–H groups in total. The van der Waals surface area contributed by atoms with Gasteiger partial charge in [0.15, 0.2) is 16.7 Å². The molecule has 154 valence electrons. The molecule has 0 spiro atoms. The molecule has 2 amide bonds. The van der Waals surface area contributed by atoms with Crippen LogP contribution in [0.5, 0.6) is 0 Å². The smallest absolute Gasteiger partial charge is 0.276 e. The zero-order valence-electron chi connectivity index (χ0n) is 16.5. The molecule has 0 fully saturated rings. The molecule has 0 radical (unpaired) electrons. The topological polar surface area (TPSA) is 109 Å². The van der Waals surface area contributed by atoms with Gasteiger partial charge in [0.2, 0.25) is 0 Å². The molecule has 0 aliphatic carbocycles. The lowest BCUT2D eigenvalue weighted by molar-refractivity contribution is 0.0961. The summed E-state index contributed by atoms with van der Waals surface area (Å²) in [6, 6.07) is 9.18. The van der Waals surface area contributed by atoms with Crippen LogP contribution in [0.3, 0.4) is 0 Å². The van der Waals surface area contributed by atoms with E-state index >= 15 is 0 Å². The zero-order valence-corrected chi connectivity index (χ0v) is 18.1. The van der Waals surface area contributed by atoms with Crippen LogP contribution in [-0.2, 0) is 0 Å². The van der Waals surface area contributed by atoms with Gasteiger partial charge >= 0.3 is 0 Å². The first-order chi connectivity index (χ1) is 14.4. The van der Waals surface area contributed by atoms with Gasteiger partial charge in [0.25, 0.3) is 11.8 Å². The number of hydrogen-bond acceptors (Lipinski definition) is 7. The Bertz CT molecular complexity index is 1110. The van der Waals surface area contributed by atoms with Crippen LogP contribution < -0.4 is 16.0 Å². The predicted octanol–water partition coefficient (Wildman–Crippen LogP) is 3.91. The lowest BCUT2D eigenvalue weighted by atomic mass is 10.2. The van der Waals surface area contributed by atoms with E-state index in [2.05, 4.69) is 30.9 Å². The SMILES string of the molecule is CNC(=O)c1cnc(Nc2ccccc2C)c(NC(=O)c2nc(SC)ncc2Cl)c1. The molecule has 0 bridgehead atoms. The molecule has 0 saturated heterocycles. The van der Waals surface area contributed by atoms with E-state index in [-0.39, 0.29) is 16.6 Å². The largest absolute Gasteiger partial charge is 0.355 e. The third-order valence-electron chi connectivity index (χ3n) is 4.14. The molecular weight excluding hydrogens is 424 g/mol. The van der Waals surface area contributed by atoms with Gasteiger partial charge in [0.05, 0.1) is 22.5 Å². The summed E-state index contributed by atoms with van der Waals surface area (Å²) in [5.74, 6) is -0.493. The number of para-hydroxylation sites is 1. The molecule has 10 heteroatoms. The number of rotatable bonds is 6. The number of thioether (sulfide) groups is 1. The van der Waals surface area contributed by atoms with Crippen LogP contribution in [0.15, 0.2) is 47.9 Å². The number of benzene rings is 1. The van der Waals surface area contributed by atoms with E-state index in [1.165, 1.54) is 37.3 Å². The van der Waals surface area contributed by atoms with Gasteiger partial charge < -0.3 is 16.0 Å². The van der Waals surface area contributed by atoms with Crippen LogP contribution in [0.25, 0.3) is 0 Å². The van der Waals surface area contributed by atoms with Gasteiger partial charge in [-0.05, 0) is 30.9 Å². The first-order valence-electron chi connectivity index (χ1n) is 8.85. The lowest BCUT2D eigenvalue weighted by Gasteiger charge is -2.15. The van der Waals surface area contributed by atoms with Crippen molar-refractivity contribution in [1.29, 1.82) is 0 Å². The minimum Gasteiger partial charge on any atom is -0.355 e. The second kappa shape index (κ2) is 9.55. The third kappa shape index (κ3) is 4.87. The molecule has 0 aliphatic rings. The number of carbonyl (C=O) groups is 2. The Balaban J connectivity index is 1.99. The highest BCUT2D eigenvalue weighted by molar-refractivity contribution is 7.98. The number of amides is 2. The summed E-state index contributed by atoms with van der Waals surface area (Å²) in [7, 11) is 1.52. The molecule has 0 unspecified atom stereocenters. The Kier molecular flexibility index (Phi) is 6.86. The van der Waals surface area contributed by atoms with Crippen molar-refractivity contribution in [2.24, 2.45) is 0 Å². The lowest BCUT2D eigenvalue weighted by Crippen LogP contribution is -2.20. The van der Waals surface area contributed by atoms with Crippen molar-refractivity contribution in [2.45, 2.75) is 12.1 Å². The van der Waals surface area contributed by atoms with Gasteiger partial charge in [-0.1, -0.05) is 41.6 Å². The molecule has 2 aromatic heterocycles. The number of aromatic nitrogens is 3. The minimum absolute atomic E-state index is 0.0307. The number of nitrogens with zero attached hydrogens (tertiary/aromatic N) is 3. The summed E-state index contributed by atoms with van der Waals surface area (Å²) in [4.78, 5) is 37.5. The fraction of sp³-hybridized carbons (Fsp3) is 0.150. The molecule has 3 rings (SSSR count). The van der Waals surface area contributed by atoms with Gasteiger partial charge in [-0.3, -0.25) is 9.59 Å². The number of carbonyl (C=O) groups excluding carboxylic acids is 2. The summed E-state index contributed by atoms with van der Waals surface area (Å²) in [5, 5.41) is 9.02. The van der Waals surface area contributed by atoms with Crippen LogP contribution in [0.1, 0.15) is 26.4 Å². The van der Waals surface area contributed by atoms with Crippen LogP contribution in [0.4, 0.5) is 17.2 Å². The van der Waals surface area contributed by atoms with Crippen molar-refractivity contribution in [2.75, 3.05) is 23.9 Å². The zero-order chi connectivity index (χ0) is 21.7. The highest BCUT2D eigenvalue weighted by Crippen LogP contribution is 2.27. The van der Waals surface area contributed by atoms with E-state index in [1.54, 1.807) is 6.26 Å². The second-order valence-electron chi connectivity index (χ2n) is 6.15. The molecular formula is C20H19ClN6O2S. The first kappa shape index (κ1) is 21.5. The quantitative estimate of drug-likeness (QED) is 0.392. The maximum Gasteiger partial charge on any atom is 0.276 e. The van der Waals surface area contributed by atoms with Crippen molar-refractivity contribution in [3.8, 4) is 0 Å². The van der Waals surface area contributed by atoms with Crippen LogP contribution in [0, 0.1) is 6.92 Å². The molecule has 0 atom stereocenters. The van der Waals surface area contributed by atoms with Crippen LogP contribution >= 0.6 is 23.4 Å². The average Bonchev–Trinajstić information content (AvgIpc) is 2.76. The number of aryl methyl sites for hydroxylation is 1. The van der Waals surface area contributed by atoms with Crippen molar-refractivity contribution in [3.05, 3.63) is 64.6 Å². The number of pyridine rings is 1. The fourth-order valence-corrected chi connectivity index (χ4v) is 3.08. The Labute approximate surface area is 182 Å². The van der Waals surface area contributed by atoms with Crippen molar-refractivity contribution in [3.63, 3.8) is 0 Å². The van der Waals surface area contributed by atoms with Crippen molar-refractivity contribution in [1.82, 2.24) is 20.3 Å². The summed E-state index contributed by atoms with van der Waals surface area (Å²) >= 11 is 7.41. The molecule has 8 nitrogen and oxygen atoms in total. The Morgan fingerprint density at radius 2 is 1.83 bits per heavy atom. The van der Waals surface area contributed by atoms with Crippen molar-refractivity contribution < 1.29 is 9.59 Å². The molecule has 0 saturated carbocycles. The van der Waals surface area contributed by atoms with Crippen LogP contribution in [0.2, 0.25) is 5.02 Å². The van der Waals surface area contributed by atoms with Gasteiger partial charge in [-0.25, -0.2) is 15.0 Å². The number of hydrogen-bond donors (Lipinski definition) is 3. The summed E-state index contributed by atoms with van der Waals surface area (Å²) in [6.07, 6.45) is 4.60. The minimum atomic E-state index is -0.540.